The van der Waals surface area contributed by atoms with Gasteiger partial charge in [0.25, 0.3) is 0 Å². The van der Waals surface area contributed by atoms with E-state index in [4.69, 9.17) is 4.74 Å². The van der Waals surface area contributed by atoms with Crippen molar-refractivity contribution in [3.8, 4) is 0 Å². The average Bonchev–Trinajstić information content (AvgIpc) is 2.22. The Kier molecular flexibility index (Phi) is 7.59. The zero-order valence-electron chi connectivity index (χ0n) is 12.1. The number of carbonyl (C=O) groups excluding carboxylic acids is 2. The molecule has 0 saturated heterocycles. The largest absolute Gasteiger partial charge is 0.382 e. The van der Waals surface area contributed by atoms with Crippen LogP contribution in [0.1, 0.15) is 47.5 Å². The third-order valence-corrected chi connectivity index (χ3v) is 2.17. The zero-order chi connectivity index (χ0) is 14.2. The molecule has 0 bridgehead atoms. The molecular formula is C13H26N2O3. The van der Waals surface area contributed by atoms with Crippen LogP contribution in [0.25, 0.3) is 0 Å². The molecule has 5 heteroatoms. The first-order valence-corrected chi connectivity index (χ1v) is 6.45. The fourth-order valence-corrected chi connectivity index (χ4v) is 1.34. The van der Waals surface area contributed by atoms with Crippen LogP contribution in [-0.2, 0) is 14.3 Å². The van der Waals surface area contributed by atoms with Crippen molar-refractivity contribution in [1.82, 2.24) is 10.6 Å². The number of amides is 2. The van der Waals surface area contributed by atoms with E-state index in [1.807, 2.05) is 27.7 Å². The number of ether oxygens (including phenoxy) is 1. The molecule has 0 aliphatic carbocycles. The van der Waals surface area contributed by atoms with Crippen LogP contribution in [0.15, 0.2) is 0 Å². The van der Waals surface area contributed by atoms with Gasteiger partial charge in [-0.2, -0.15) is 0 Å². The molecule has 5 nitrogen and oxygen atoms in total. The molecule has 2 amide bonds. The number of rotatable bonds is 7. The molecule has 0 aliphatic heterocycles. The predicted octanol–water partition coefficient (Wildman–Crippen LogP) is 1.22. The van der Waals surface area contributed by atoms with Gasteiger partial charge in [-0.05, 0) is 41.0 Å². The summed E-state index contributed by atoms with van der Waals surface area (Å²) < 4.78 is 5.14. The molecular weight excluding hydrogens is 232 g/mol. The molecule has 1 atom stereocenters. The van der Waals surface area contributed by atoms with Crippen LogP contribution >= 0.6 is 0 Å². The maximum absolute atomic E-state index is 11.7. The van der Waals surface area contributed by atoms with Crippen molar-refractivity contribution in [2.75, 3.05) is 13.2 Å². The molecule has 18 heavy (non-hydrogen) atoms. The van der Waals surface area contributed by atoms with Crippen molar-refractivity contribution in [2.24, 2.45) is 0 Å². The van der Waals surface area contributed by atoms with Gasteiger partial charge in [0.05, 0.1) is 0 Å². The monoisotopic (exact) mass is 258 g/mol. The van der Waals surface area contributed by atoms with Crippen LogP contribution in [0.2, 0.25) is 0 Å². The molecule has 0 fully saturated rings. The molecule has 0 aromatic heterocycles. The van der Waals surface area contributed by atoms with Crippen molar-refractivity contribution in [2.45, 2.75) is 59.0 Å². The maximum atomic E-state index is 11.7. The lowest BCUT2D eigenvalue weighted by atomic mass is 10.1. The lowest BCUT2D eigenvalue weighted by Crippen LogP contribution is -2.50. The highest BCUT2D eigenvalue weighted by atomic mass is 16.5. The summed E-state index contributed by atoms with van der Waals surface area (Å²) in [7, 11) is 0. The minimum absolute atomic E-state index is 0.119. The summed E-state index contributed by atoms with van der Waals surface area (Å²) in [6, 6.07) is -0.510. The Hall–Kier alpha value is -1.10. The molecule has 0 radical (unpaired) electrons. The molecule has 0 spiro atoms. The minimum atomic E-state index is -0.510. The van der Waals surface area contributed by atoms with E-state index in [1.54, 1.807) is 6.92 Å². The molecule has 0 aromatic rings. The van der Waals surface area contributed by atoms with Crippen molar-refractivity contribution in [3.63, 3.8) is 0 Å². The summed E-state index contributed by atoms with van der Waals surface area (Å²) >= 11 is 0. The number of hydrogen-bond donors (Lipinski definition) is 2. The Morgan fingerprint density at radius 2 is 1.89 bits per heavy atom. The highest BCUT2D eigenvalue weighted by molar-refractivity contribution is 5.87. The van der Waals surface area contributed by atoms with E-state index < -0.39 is 6.04 Å². The standard InChI is InChI=1S/C13H26N2O3/c1-6-18-9-7-8-11(16)14-10(2)12(17)15-13(3,4)5/h10H,6-9H2,1-5H3,(H,14,16)(H,15,17). The SMILES string of the molecule is CCOCCCC(=O)NC(C)C(=O)NC(C)(C)C. The van der Waals surface area contributed by atoms with E-state index in [0.717, 1.165) is 0 Å². The minimum Gasteiger partial charge on any atom is -0.382 e. The fraction of sp³-hybridized carbons (Fsp3) is 0.846. The van der Waals surface area contributed by atoms with Crippen molar-refractivity contribution in [1.29, 1.82) is 0 Å². The zero-order valence-corrected chi connectivity index (χ0v) is 12.1. The normalized spacial score (nSPS) is 12.9. The summed E-state index contributed by atoms with van der Waals surface area (Å²) in [5.41, 5.74) is -0.287. The Bertz CT molecular complexity index is 272. The van der Waals surface area contributed by atoms with E-state index >= 15 is 0 Å². The summed E-state index contributed by atoms with van der Waals surface area (Å²) in [6.45, 7) is 10.5. The first-order valence-electron chi connectivity index (χ1n) is 6.45. The molecule has 106 valence electrons. The van der Waals surface area contributed by atoms with Crippen molar-refractivity contribution < 1.29 is 14.3 Å². The van der Waals surface area contributed by atoms with Crippen LogP contribution in [0.5, 0.6) is 0 Å². The highest BCUT2D eigenvalue weighted by Crippen LogP contribution is 2.00. The van der Waals surface area contributed by atoms with Gasteiger partial charge in [0.2, 0.25) is 11.8 Å². The van der Waals surface area contributed by atoms with Gasteiger partial charge in [-0.15, -0.1) is 0 Å². The van der Waals surface area contributed by atoms with E-state index in [2.05, 4.69) is 10.6 Å². The third kappa shape index (κ3) is 8.98. The van der Waals surface area contributed by atoms with Gasteiger partial charge >= 0.3 is 0 Å². The van der Waals surface area contributed by atoms with Gasteiger partial charge in [-0.1, -0.05) is 0 Å². The topological polar surface area (TPSA) is 67.4 Å². The Labute approximate surface area is 110 Å². The lowest BCUT2D eigenvalue weighted by Gasteiger charge is -2.23. The first-order chi connectivity index (χ1) is 8.26. The van der Waals surface area contributed by atoms with Gasteiger partial charge < -0.3 is 15.4 Å². The molecule has 0 saturated carbocycles. The smallest absolute Gasteiger partial charge is 0.242 e. The van der Waals surface area contributed by atoms with E-state index in [0.29, 0.717) is 26.1 Å². The van der Waals surface area contributed by atoms with Crippen LogP contribution in [0.4, 0.5) is 0 Å². The highest BCUT2D eigenvalue weighted by Gasteiger charge is 2.20. The number of carbonyl (C=O) groups is 2. The van der Waals surface area contributed by atoms with Gasteiger partial charge in [0.1, 0.15) is 6.04 Å². The predicted molar refractivity (Wildman–Crippen MR) is 71.2 cm³/mol. The second-order valence-corrected chi connectivity index (χ2v) is 5.33. The molecule has 0 rings (SSSR count). The molecule has 0 aliphatic rings. The van der Waals surface area contributed by atoms with Crippen LogP contribution in [0, 0.1) is 0 Å². The Balaban J connectivity index is 3.89. The summed E-state index contributed by atoms with van der Waals surface area (Å²) in [5, 5.41) is 5.49. The molecule has 0 heterocycles. The Morgan fingerprint density at radius 3 is 2.39 bits per heavy atom. The van der Waals surface area contributed by atoms with E-state index in [-0.39, 0.29) is 17.4 Å². The lowest BCUT2D eigenvalue weighted by molar-refractivity contribution is -0.129. The number of nitrogens with one attached hydrogen (secondary N) is 2. The van der Waals surface area contributed by atoms with Crippen LogP contribution in [0.3, 0.4) is 0 Å². The second kappa shape index (κ2) is 8.08. The van der Waals surface area contributed by atoms with Crippen molar-refractivity contribution >= 4 is 11.8 Å². The van der Waals surface area contributed by atoms with Crippen molar-refractivity contribution in [3.05, 3.63) is 0 Å². The first kappa shape index (κ1) is 16.9. The van der Waals surface area contributed by atoms with Gasteiger partial charge in [0.15, 0.2) is 0 Å². The molecule has 0 aromatic carbocycles. The van der Waals surface area contributed by atoms with Gasteiger partial charge in [-0.25, -0.2) is 0 Å². The van der Waals surface area contributed by atoms with E-state index in [1.165, 1.54) is 0 Å². The van der Waals surface area contributed by atoms with Crippen LogP contribution < -0.4 is 10.6 Å². The Morgan fingerprint density at radius 1 is 1.28 bits per heavy atom. The quantitative estimate of drug-likeness (QED) is 0.675. The molecule has 1 unspecified atom stereocenters. The number of hydrogen-bond acceptors (Lipinski definition) is 3. The van der Waals surface area contributed by atoms with Gasteiger partial charge in [0, 0.05) is 25.2 Å². The average molecular weight is 258 g/mol. The van der Waals surface area contributed by atoms with Crippen LogP contribution in [-0.4, -0.2) is 36.6 Å². The van der Waals surface area contributed by atoms with E-state index in [9.17, 15) is 9.59 Å². The summed E-state index contributed by atoms with van der Waals surface area (Å²) in [4.78, 5) is 23.3. The van der Waals surface area contributed by atoms with Gasteiger partial charge in [-0.3, -0.25) is 9.59 Å². The summed E-state index contributed by atoms with van der Waals surface area (Å²) in [6.07, 6.45) is 1.06. The maximum Gasteiger partial charge on any atom is 0.242 e. The third-order valence-electron chi connectivity index (χ3n) is 2.17. The fourth-order valence-electron chi connectivity index (χ4n) is 1.34. The second-order valence-electron chi connectivity index (χ2n) is 5.33. The summed E-state index contributed by atoms with van der Waals surface area (Å²) in [5.74, 6) is -0.285. The molecule has 2 N–H and O–H groups in total.